The Morgan fingerprint density at radius 2 is 1.96 bits per heavy atom. The maximum atomic E-state index is 13.0. The molecule has 132 valence electrons. The van der Waals surface area contributed by atoms with Gasteiger partial charge in [0.1, 0.15) is 10.8 Å². The maximum absolute atomic E-state index is 13.0. The highest BCUT2D eigenvalue weighted by molar-refractivity contribution is 6.33. The minimum atomic E-state index is -0.364. The lowest BCUT2D eigenvalue weighted by Crippen LogP contribution is -2.13. The number of benzene rings is 2. The Balaban J connectivity index is 1.48. The summed E-state index contributed by atoms with van der Waals surface area (Å²) in [4.78, 5) is 12.4. The second kappa shape index (κ2) is 6.68. The number of carbonyl (C=O) groups excluding carboxylic acids is 1. The molecule has 26 heavy (non-hydrogen) atoms. The minimum Gasteiger partial charge on any atom is -0.454 e. The molecule has 0 unspecified atom stereocenters. The van der Waals surface area contributed by atoms with Crippen LogP contribution in [0.3, 0.4) is 0 Å². The molecule has 6 nitrogen and oxygen atoms in total. The van der Waals surface area contributed by atoms with Crippen molar-refractivity contribution in [3.63, 3.8) is 0 Å². The van der Waals surface area contributed by atoms with Gasteiger partial charge in [0.05, 0.1) is 6.54 Å². The molecule has 0 saturated heterocycles. The standard InChI is InChI=1S/C18H13ClFN3O3/c19-14-9-23(8-11-1-4-13(20)5-2-11)22-17(14)21-18(24)12-3-6-15-16(7-12)26-10-25-15/h1-7,9H,8,10H2,(H,21,22,24). The number of rotatable bonds is 4. The van der Waals surface area contributed by atoms with E-state index in [4.69, 9.17) is 21.1 Å². The zero-order valence-corrected chi connectivity index (χ0v) is 14.2. The number of anilines is 1. The van der Waals surface area contributed by atoms with E-state index in [-0.39, 0.29) is 24.3 Å². The van der Waals surface area contributed by atoms with E-state index in [1.807, 2.05) is 0 Å². The third kappa shape index (κ3) is 3.34. The molecule has 8 heteroatoms. The van der Waals surface area contributed by atoms with Gasteiger partial charge in [-0.1, -0.05) is 23.7 Å². The Hall–Kier alpha value is -3.06. The van der Waals surface area contributed by atoms with E-state index in [9.17, 15) is 9.18 Å². The van der Waals surface area contributed by atoms with Gasteiger partial charge in [0.15, 0.2) is 17.3 Å². The first-order valence-corrected chi connectivity index (χ1v) is 8.15. The second-order valence-corrected chi connectivity index (χ2v) is 6.08. The van der Waals surface area contributed by atoms with Gasteiger partial charge in [0.25, 0.3) is 5.91 Å². The van der Waals surface area contributed by atoms with Crippen LogP contribution in [-0.2, 0) is 6.54 Å². The fourth-order valence-electron chi connectivity index (χ4n) is 2.56. The molecular weight excluding hydrogens is 361 g/mol. The molecule has 1 aromatic heterocycles. The van der Waals surface area contributed by atoms with Gasteiger partial charge in [-0.15, -0.1) is 0 Å². The molecule has 0 spiro atoms. The van der Waals surface area contributed by atoms with Gasteiger partial charge < -0.3 is 14.8 Å². The lowest BCUT2D eigenvalue weighted by atomic mass is 10.2. The van der Waals surface area contributed by atoms with Crippen molar-refractivity contribution in [1.29, 1.82) is 0 Å². The van der Waals surface area contributed by atoms with Crippen LogP contribution in [0.25, 0.3) is 0 Å². The molecule has 0 aliphatic carbocycles. The summed E-state index contributed by atoms with van der Waals surface area (Å²) in [5.74, 6) is 0.700. The number of aromatic nitrogens is 2. The summed E-state index contributed by atoms with van der Waals surface area (Å²) in [6, 6.07) is 11.0. The van der Waals surface area contributed by atoms with E-state index in [1.54, 1.807) is 41.2 Å². The van der Waals surface area contributed by atoms with Crippen LogP contribution in [0.1, 0.15) is 15.9 Å². The van der Waals surface area contributed by atoms with Crippen molar-refractivity contribution in [2.45, 2.75) is 6.54 Å². The molecule has 0 atom stereocenters. The fraction of sp³-hybridized carbons (Fsp3) is 0.111. The van der Waals surface area contributed by atoms with E-state index in [2.05, 4.69) is 10.4 Å². The summed E-state index contributed by atoms with van der Waals surface area (Å²) in [7, 11) is 0. The molecule has 0 fully saturated rings. The first-order chi connectivity index (χ1) is 12.6. The SMILES string of the molecule is O=C(Nc1nn(Cc2ccc(F)cc2)cc1Cl)c1ccc2c(c1)OCO2. The molecule has 1 aliphatic heterocycles. The van der Waals surface area contributed by atoms with Crippen LogP contribution < -0.4 is 14.8 Å². The Bertz CT molecular complexity index is 972. The van der Waals surface area contributed by atoms with Crippen LogP contribution in [-0.4, -0.2) is 22.5 Å². The second-order valence-electron chi connectivity index (χ2n) is 5.67. The van der Waals surface area contributed by atoms with Crippen LogP contribution in [0, 0.1) is 5.82 Å². The van der Waals surface area contributed by atoms with Gasteiger partial charge in [0.2, 0.25) is 6.79 Å². The molecule has 1 N–H and O–H groups in total. The smallest absolute Gasteiger partial charge is 0.257 e. The fourth-order valence-corrected chi connectivity index (χ4v) is 2.75. The highest BCUT2D eigenvalue weighted by Gasteiger charge is 2.18. The van der Waals surface area contributed by atoms with E-state index in [0.717, 1.165) is 5.56 Å². The van der Waals surface area contributed by atoms with Crippen molar-refractivity contribution in [3.8, 4) is 11.5 Å². The van der Waals surface area contributed by atoms with E-state index >= 15 is 0 Å². The van der Waals surface area contributed by atoms with Crippen molar-refractivity contribution < 1.29 is 18.7 Å². The molecular formula is C18H13ClFN3O3. The molecule has 1 amide bonds. The zero-order valence-electron chi connectivity index (χ0n) is 13.4. The lowest BCUT2D eigenvalue weighted by Gasteiger charge is -2.04. The topological polar surface area (TPSA) is 65.4 Å². The minimum absolute atomic E-state index is 0.139. The van der Waals surface area contributed by atoms with Crippen LogP contribution in [0.2, 0.25) is 5.02 Å². The predicted molar refractivity (Wildman–Crippen MR) is 93.3 cm³/mol. The summed E-state index contributed by atoms with van der Waals surface area (Å²) >= 11 is 6.16. The number of carbonyl (C=O) groups is 1. The molecule has 0 radical (unpaired) electrons. The molecule has 4 rings (SSSR count). The maximum Gasteiger partial charge on any atom is 0.257 e. The number of nitrogens with zero attached hydrogens (tertiary/aromatic N) is 2. The van der Waals surface area contributed by atoms with Crippen LogP contribution in [0.5, 0.6) is 11.5 Å². The summed E-state index contributed by atoms with van der Waals surface area (Å²) in [5.41, 5.74) is 1.26. The van der Waals surface area contributed by atoms with Crippen molar-refractivity contribution in [2.75, 3.05) is 12.1 Å². The largest absolute Gasteiger partial charge is 0.454 e. The number of ether oxygens (including phenoxy) is 2. The monoisotopic (exact) mass is 373 g/mol. The number of fused-ring (bicyclic) bond motifs is 1. The third-order valence-corrected chi connectivity index (χ3v) is 4.12. The average Bonchev–Trinajstić information content (AvgIpc) is 3.23. The van der Waals surface area contributed by atoms with Crippen molar-refractivity contribution in [1.82, 2.24) is 9.78 Å². The first kappa shape index (κ1) is 16.4. The summed E-state index contributed by atoms with van der Waals surface area (Å²) in [6.07, 6.45) is 1.60. The van der Waals surface area contributed by atoms with Gasteiger partial charge in [-0.2, -0.15) is 5.10 Å². The van der Waals surface area contributed by atoms with Gasteiger partial charge in [-0.05, 0) is 35.9 Å². The first-order valence-electron chi connectivity index (χ1n) is 7.77. The molecule has 0 saturated carbocycles. The normalized spacial score (nSPS) is 12.2. The summed E-state index contributed by atoms with van der Waals surface area (Å²) < 4.78 is 25.0. The van der Waals surface area contributed by atoms with Crippen molar-refractivity contribution >= 4 is 23.3 Å². The summed E-state index contributed by atoms with van der Waals surface area (Å²) in [6.45, 7) is 0.542. The van der Waals surface area contributed by atoms with Gasteiger partial charge >= 0.3 is 0 Å². The molecule has 3 aromatic rings. The Kier molecular flexibility index (Phi) is 4.22. The molecule has 1 aliphatic rings. The number of nitrogens with one attached hydrogen (secondary N) is 1. The number of amides is 1. The Morgan fingerprint density at radius 3 is 2.77 bits per heavy atom. The number of hydrogen-bond acceptors (Lipinski definition) is 4. The number of halogens is 2. The lowest BCUT2D eigenvalue weighted by molar-refractivity contribution is 0.102. The highest BCUT2D eigenvalue weighted by atomic mass is 35.5. The summed E-state index contributed by atoms with van der Waals surface area (Å²) in [5, 5.41) is 7.25. The third-order valence-electron chi connectivity index (χ3n) is 3.84. The predicted octanol–water partition coefficient (Wildman–Crippen LogP) is 3.70. The van der Waals surface area contributed by atoms with Gasteiger partial charge in [0, 0.05) is 11.8 Å². The van der Waals surface area contributed by atoms with Crippen molar-refractivity contribution in [2.24, 2.45) is 0 Å². The highest BCUT2D eigenvalue weighted by Crippen LogP contribution is 2.32. The van der Waals surface area contributed by atoms with E-state index < -0.39 is 0 Å². The Labute approximate surface area is 153 Å². The van der Waals surface area contributed by atoms with Gasteiger partial charge in [-0.3, -0.25) is 9.48 Å². The number of hydrogen-bond donors (Lipinski definition) is 1. The van der Waals surface area contributed by atoms with Crippen molar-refractivity contribution in [3.05, 3.63) is 70.6 Å². The van der Waals surface area contributed by atoms with Crippen LogP contribution >= 0.6 is 11.6 Å². The van der Waals surface area contributed by atoms with E-state index in [0.29, 0.717) is 28.6 Å². The average molecular weight is 374 g/mol. The molecule has 0 bridgehead atoms. The Morgan fingerprint density at radius 1 is 1.19 bits per heavy atom. The van der Waals surface area contributed by atoms with Crippen LogP contribution in [0.15, 0.2) is 48.7 Å². The molecule has 2 aromatic carbocycles. The van der Waals surface area contributed by atoms with E-state index in [1.165, 1.54) is 12.1 Å². The zero-order chi connectivity index (χ0) is 18.1. The molecule has 2 heterocycles. The van der Waals surface area contributed by atoms with Gasteiger partial charge in [-0.25, -0.2) is 4.39 Å². The quantitative estimate of drug-likeness (QED) is 0.757. The van der Waals surface area contributed by atoms with Crippen LogP contribution in [0.4, 0.5) is 10.2 Å².